The number of aromatic nitrogens is 2. The molecule has 4 heteroatoms. The third kappa shape index (κ3) is 2.70. The van der Waals surface area contributed by atoms with Crippen LogP contribution in [0.15, 0.2) is 22.8 Å². The van der Waals surface area contributed by atoms with Crippen LogP contribution in [0.1, 0.15) is 32.0 Å². The molecule has 0 fully saturated rings. The fourth-order valence-electron chi connectivity index (χ4n) is 0.971. The highest BCUT2D eigenvalue weighted by Crippen LogP contribution is 2.13. The molecular formula is C10H13ClN2O. The fourth-order valence-corrected chi connectivity index (χ4v) is 1.08. The molecular weight excluding hydrogens is 200 g/mol. The molecule has 76 valence electrons. The van der Waals surface area contributed by atoms with Crippen LogP contribution in [-0.2, 0) is 5.88 Å². The van der Waals surface area contributed by atoms with Crippen LogP contribution in [0, 0.1) is 0 Å². The monoisotopic (exact) mass is 212 g/mol. The van der Waals surface area contributed by atoms with E-state index in [9.17, 15) is 0 Å². The molecule has 0 amide bonds. The van der Waals surface area contributed by atoms with Gasteiger partial charge in [0.2, 0.25) is 11.7 Å². The Balaban J connectivity index is 2.85. The van der Waals surface area contributed by atoms with Crippen LogP contribution in [0.5, 0.6) is 0 Å². The molecule has 0 aromatic carbocycles. The molecule has 0 unspecified atom stereocenters. The molecule has 1 aromatic heterocycles. The van der Waals surface area contributed by atoms with Crippen molar-refractivity contribution in [3.8, 4) is 0 Å². The van der Waals surface area contributed by atoms with Gasteiger partial charge >= 0.3 is 0 Å². The van der Waals surface area contributed by atoms with Gasteiger partial charge in [0, 0.05) is 5.57 Å². The number of allylic oxidation sites excluding steroid dienone is 4. The lowest BCUT2D eigenvalue weighted by Gasteiger charge is -1.91. The molecule has 0 aliphatic heterocycles. The maximum absolute atomic E-state index is 5.56. The van der Waals surface area contributed by atoms with Gasteiger partial charge in [0.15, 0.2) is 0 Å². The molecule has 1 heterocycles. The Morgan fingerprint density at radius 3 is 2.86 bits per heavy atom. The minimum Gasteiger partial charge on any atom is -0.338 e. The van der Waals surface area contributed by atoms with Gasteiger partial charge in [-0.3, -0.25) is 0 Å². The Hall–Kier alpha value is -1.09. The normalized spacial score (nSPS) is 12.6. The Labute approximate surface area is 88.5 Å². The first-order valence-corrected chi connectivity index (χ1v) is 5.07. The second-order valence-corrected chi connectivity index (χ2v) is 2.97. The Morgan fingerprint density at radius 1 is 1.57 bits per heavy atom. The first-order valence-electron chi connectivity index (χ1n) is 4.53. The third-order valence-electron chi connectivity index (χ3n) is 1.68. The van der Waals surface area contributed by atoms with Gasteiger partial charge in [0.1, 0.15) is 5.88 Å². The van der Waals surface area contributed by atoms with Gasteiger partial charge in [-0.25, -0.2) is 0 Å². The lowest BCUT2D eigenvalue weighted by Crippen LogP contribution is -1.84. The summed E-state index contributed by atoms with van der Waals surface area (Å²) in [5.41, 5.74) is 0.951. The summed E-state index contributed by atoms with van der Waals surface area (Å²) in [7, 11) is 0. The molecule has 0 spiro atoms. The van der Waals surface area contributed by atoms with Crippen LogP contribution in [-0.4, -0.2) is 10.1 Å². The smallest absolute Gasteiger partial charge is 0.241 e. The lowest BCUT2D eigenvalue weighted by molar-refractivity contribution is 0.388. The lowest BCUT2D eigenvalue weighted by atomic mass is 10.2. The van der Waals surface area contributed by atoms with Gasteiger partial charge in [0.25, 0.3) is 0 Å². The van der Waals surface area contributed by atoms with Crippen LogP contribution < -0.4 is 0 Å². The zero-order chi connectivity index (χ0) is 10.4. The van der Waals surface area contributed by atoms with Crippen molar-refractivity contribution in [2.45, 2.75) is 26.1 Å². The first kappa shape index (κ1) is 11.0. The maximum atomic E-state index is 5.56. The van der Waals surface area contributed by atoms with E-state index >= 15 is 0 Å². The highest BCUT2D eigenvalue weighted by atomic mass is 35.5. The Bertz CT molecular complexity index is 342. The molecule has 1 rings (SSSR count). The summed E-state index contributed by atoms with van der Waals surface area (Å²) in [6.07, 6.45) is 6.95. The summed E-state index contributed by atoms with van der Waals surface area (Å²) in [4.78, 5) is 4.12. The van der Waals surface area contributed by atoms with Crippen LogP contribution >= 0.6 is 11.6 Å². The van der Waals surface area contributed by atoms with Crippen molar-refractivity contribution >= 4 is 17.2 Å². The SMILES string of the molecule is C/C=C(\C=C/CC)c1noc(CCl)n1. The molecule has 0 saturated carbocycles. The fraction of sp³-hybridized carbons (Fsp3) is 0.400. The molecule has 1 aromatic rings. The largest absolute Gasteiger partial charge is 0.338 e. The van der Waals surface area contributed by atoms with Crippen molar-refractivity contribution in [1.29, 1.82) is 0 Å². The van der Waals surface area contributed by atoms with Gasteiger partial charge in [-0.05, 0) is 13.3 Å². The van der Waals surface area contributed by atoms with E-state index in [1.165, 1.54) is 0 Å². The summed E-state index contributed by atoms with van der Waals surface area (Å²) in [6, 6.07) is 0. The Kier molecular flexibility index (Phi) is 4.40. The standard InChI is InChI=1S/C10H13ClN2O/c1-3-5-6-8(4-2)10-12-9(7-11)14-13-10/h4-6H,3,7H2,1-2H3/b6-5-,8-4+. The van der Waals surface area contributed by atoms with Gasteiger partial charge in [-0.15, -0.1) is 11.6 Å². The molecule has 0 aliphatic rings. The van der Waals surface area contributed by atoms with Gasteiger partial charge in [-0.2, -0.15) is 4.98 Å². The van der Waals surface area contributed by atoms with Crippen molar-refractivity contribution in [3.05, 3.63) is 29.9 Å². The summed E-state index contributed by atoms with van der Waals surface area (Å²) >= 11 is 5.56. The molecule has 0 radical (unpaired) electrons. The average Bonchev–Trinajstić information content (AvgIpc) is 2.68. The highest BCUT2D eigenvalue weighted by Gasteiger charge is 2.06. The van der Waals surface area contributed by atoms with E-state index in [0.717, 1.165) is 12.0 Å². The van der Waals surface area contributed by atoms with E-state index in [2.05, 4.69) is 17.1 Å². The molecule has 0 bridgehead atoms. The predicted molar refractivity (Wildman–Crippen MR) is 56.9 cm³/mol. The number of hydrogen-bond acceptors (Lipinski definition) is 3. The van der Waals surface area contributed by atoms with Crippen molar-refractivity contribution in [1.82, 2.24) is 10.1 Å². The number of rotatable bonds is 4. The van der Waals surface area contributed by atoms with Crippen LogP contribution in [0.25, 0.3) is 5.57 Å². The summed E-state index contributed by atoms with van der Waals surface area (Å²) < 4.78 is 4.91. The molecule has 0 N–H and O–H groups in total. The minimum atomic E-state index is 0.251. The van der Waals surface area contributed by atoms with E-state index in [4.69, 9.17) is 16.1 Å². The average molecular weight is 213 g/mol. The molecule has 14 heavy (non-hydrogen) atoms. The van der Waals surface area contributed by atoms with E-state index in [1.54, 1.807) is 0 Å². The van der Waals surface area contributed by atoms with Crippen molar-refractivity contribution in [2.75, 3.05) is 0 Å². The maximum Gasteiger partial charge on any atom is 0.241 e. The second-order valence-electron chi connectivity index (χ2n) is 2.70. The quantitative estimate of drug-likeness (QED) is 0.569. The molecule has 0 saturated heterocycles. The van der Waals surface area contributed by atoms with E-state index < -0.39 is 0 Å². The number of alkyl halides is 1. The van der Waals surface area contributed by atoms with Gasteiger partial charge < -0.3 is 4.52 Å². The number of hydrogen-bond donors (Lipinski definition) is 0. The third-order valence-corrected chi connectivity index (χ3v) is 1.91. The van der Waals surface area contributed by atoms with Gasteiger partial charge in [-0.1, -0.05) is 30.3 Å². The predicted octanol–water partition coefficient (Wildman–Crippen LogP) is 3.18. The van der Waals surface area contributed by atoms with E-state index in [0.29, 0.717) is 11.7 Å². The molecule has 0 aliphatic carbocycles. The second kappa shape index (κ2) is 5.60. The summed E-state index contributed by atoms with van der Waals surface area (Å²) in [5, 5.41) is 3.82. The topological polar surface area (TPSA) is 38.9 Å². The minimum absolute atomic E-state index is 0.251. The van der Waals surface area contributed by atoms with Crippen molar-refractivity contribution in [2.24, 2.45) is 0 Å². The van der Waals surface area contributed by atoms with E-state index in [1.807, 2.05) is 25.2 Å². The Morgan fingerprint density at radius 2 is 2.36 bits per heavy atom. The van der Waals surface area contributed by atoms with Crippen LogP contribution in [0.3, 0.4) is 0 Å². The number of halogens is 1. The first-order chi connectivity index (χ1) is 6.81. The number of nitrogens with zero attached hydrogens (tertiary/aromatic N) is 2. The summed E-state index contributed by atoms with van der Waals surface area (Å²) in [6.45, 7) is 4.01. The molecule has 3 nitrogen and oxygen atoms in total. The highest BCUT2D eigenvalue weighted by molar-refractivity contribution is 6.16. The van der Waals surface area contributed by atoms with Crippen molar-refractivity contribution in [3.63, 3.8) is 0 Å². The van der Waals surface area contributed by atoms with Gasteiger partial charge in [0.05, 0.1) is 0 Å². The van der Waals surface area contributed by atoms with E-state index in [-0.39, 0.29) is 5.88 Å². The molecule has 0 atom stereocenters. The summed E-state index contributed by atoms with van der Waals surface area (Å²) in [5.74, 6) is 1.29. The van der Waals surface area contributed by atoms with Crippen molar-refractivity contribution < 1.29 is 4.52 Å². The zero-order valence-corrected chi connectivity index (χ0v) is 9.08. The van der Waals surface area contributed by atoms with Crippen LogP contribution in [0.4, 0.5) is 0 Å². The van der Waals surface area contributed by atoms with Crippen LogP contribution in [0.2, 0.25) is 0 Å². The zero-order valence-electron chi connectivity index (χ0n) is 8.33.